The summed E-state index contributed by atoms with van der Waals surface area (Å²) in [6.07, 6.45) is 6.11. The van der Waals surface area contributed by atoms with Crippen LogP contribution in [0.3, 0.4) is 0 Å². The lowest BCUT2D eigenvalue weighted by molar-refractivity contribution is 0.744. The molecule has 1 aromatic heterocycles. The molecule has 1 heterocycles. The van der Waals surface area contributed by atoms with Gasteiger partial charge in [-0.25, -0.2) is 0 Å². The van der Waals surface area contributed by atoms with Crippen LogP contribution in [0.15, 0.2) is 12.4 Å². The topological polar surface area (TPSA) is 38.9 Å². The van der Waals surface area contributed by atoms with Crippen molar-refractivity contribution < 1.29 is 0 Å². The first-order chi connectivity index (χ1) is 6.25. The van der Waals surface area contributed by atoms with Crippen molar-refractivity contribution in [2.75, 3.05) is 6.54 Å². The van der Waals surface area contributed by atoms with Crippen LogP contribution in [-0.2, 0) is 6.42 Å². The Morgan fingerprint density at radius 2 is 1.77 bits per heavy atom. The van der Waals surface area contributed by atoms with E-state index in [1.165, 1.54) is 0 Å². The highest BCUT2D eigenvalue weighted by Gasteiger charge is 2.04. The zero-order valence-corrected chi connectivity index (χ0v) is 8.78. The van der Waals surface area contributed by atoms with Gasteiger partial charge in [0.1, 0.15) is 0 Å². The number of unbranched alkanes of at least 4 members (excludes halogenated alkanes) is 1. The van der Waals surface area contributed by atoms with Gasteiger partial charge in [-0.2, -0.15) is 0 Å². The molecule has 2 N–H and O–H groups in total. The third-order valence-corrected chi connectivity index (χ3v) is 2.48. The van der Waals surface area contributed by atoms with Crippen LogP contribution in [-0.4, -0.2) is 11.5 Å². The largest absolute Gasteiger partial charge is 0.330 e. The number of nitrogens with zero attached hydrogens (tertiary/aromatic N) is 1. The van der Waals surface area contributed by atoms with Gasteiger partial charge in [-0.15, -0.1) is 0 Å². The molecule has 0 saturated heterocycles. The van der Waals surface area contributed by atoms with Gasteiger partial charge in [0.15, 0.2) is 0 Å². The van der Waals surface area contributed by atoms with E-state index < -0.39 is 0 Å². The highest BCUT2D eigenvalue weighted by Crippen LogP contribution is 2.24. The highest BCUT2D eigenvalue weighted by atomic mass is 35.5. The minimum absolute atomic E-state index is 0.643. The van der Waals surface area contributed by atoms with Crippen molar-refractivity contribution in [3.63, 3.8) is 0 Å². The summed E-state index contributed by atoms with van der Waals surface area (Å²) in [7, 11) is 0. The van der Waals surface area contributed by atoms with E-state index in [0.29, 0.717) is 16.6 Å². The fourth-order valence-electron chi connectivity index (χ4n) is 1.12. The fraction of sp³-hybridized carbons (Fsp3) is 0.444. The van der Waals surface area contributed by atoms with E-state index in [1.54, 1.807) is 12.4 Å². The lowest BCUT2D eigenvalue weighted by Gasteiger charge is -2.04. The molecule has 0 aliphatic heterocycles. The van der Waals surface area contributed by atoms with Crippen molar-refractivity contribution in [1.29, 1.82) is 0 Å². The predicted molar refractivity (Wildman–Crippen MR) is 56.2 cm³/mol. The summed E-state index contributed by atoms with van der Waals surface area (Å²) >= 11 is 11.9. The number of hydrogen-bond donors (Lipinski definition) is 1. The number of hydrogen-bond acceptors (Lipinski definition) is 2. The molecule has 0 aliphatic rings. The molecule has 4 heteroatoms. The molecule has 72 valence electrons. The van der Waals surface area contributed by atoms with Crippen LogP contribution in [0.4, 0.5) is 0 Å². The molecule has 0 fully saturated rings. The molecule has 0 unspecified atom stereocenters. The molecular formula is C9H12Cl2N2. The van der Waals surface area contributed by atoms with Gasteiger partial charge in [0.2, 0.25) is 0 Å². The highest BCUT2D eigenvalue weighted by molar-refractivity contribution is 6.35. The van der Waals surface area contributed by atoms with Crippen molar-refractivity contribution >= 4 is 23.2 Å². The van der Waals surface area contributed by atoms with Gasteiger partial charge in [0, 0.05) is 12.4 Å². The Morgan fingerprint density at radius 3 is 2.31 bits per heavy atom. The second kappa shape index (κ2) is 5.43. The Hall–Kier alpha value is -0.310. The third-order valence-electron chi connectivity index (χ3n) is 1.83. The Morgan fingerprint density at radius 1 is 1.15 bits per heavy atom. The molecule has 0 radical (unpaired) electrons. The van der Waals surface area contributed by atoms with Crippen molar-refractivity contribution in [1.82, 2.24) is 4.98 Å². The standard InChI is InChI=1S/C9H12Cl2N2/c10-8-5-13-6-9(11)7(8)3-1-2-4-12/h5-6H,1-4,12H2. The summed E-state index contributed by atoms with van der Waals surface area (Å²) in [5, 5.41) is 1.29. The first kappa shape index (κ1) is 10.8. The summed E-state index contributed by atoms with van der Waals surface area (Å²) in [5.41, 5.74) is 6.37. The maximum absolute atomic E-state index is 5.93. The summed E-state index contributed by atoms with van der Waals surface area (Å²) in [5.74, 6) is 0. The maximum Gasteiger partial charge on any atom is 0.0636 e. The van der Waals surface area contributed by atoms with Gasteiger partial charge >= 0.3 is 0 Å². The summed E-state index contributed by atoms with van der Waals surface area (Å²) in [6, 6.07) is 0. The molecule has 0 aromatic carbocycles. The second-order valence-corrected chi connectivity index (χ2v) is 3.64. The molecule has 13 heavy (non-hydrogen) atoms. The lowest BCUT2D eigenvalue weighted by Crippen LogP contribution is -1.99. The average molecular weight is 219 g/mol. The normalized spacial score (nSPS) is 10.4. The lowest BCUT2D eigenvalue weighted by atomic mass is 10.1. The van der Waals surface area contributed by atoms with Crippen molar-refractivity contribution in [2.45, 2.75) is 19.3 Å². The van der Waals surface area contributed by atoms with Gasteiger partial charge in [-0.3, -0.25) is 4.98 Å². The van der Waals surface area contributed by atoms with Gasteiger partial charge in [-0.05, 0) is 31.4 Å². The maximum atomic E-state index is 5.93. The van der Waals surface area contributed by atoms with Crippen molar-refractivity contribution in [3.8, 4) is 0 Å². The molecule has 0 amide bonds. The zero-order chi connectivity index (χ0) is 9.68. The SMILES string of the molecule is NCCCCc1c(Cl)cncc1Cl. The van der Waals surface area contributed by atoms with Gasteiger partial charge in [0.25, 0.3) is 0 Å². The van der Waals surface area contributed by atoms with Crippen LogP contribution in [0.25, 0.3) is 0 Å². The Kier molecular flexibility index (Phi) is 4.50. The molecule has 0 bridgehead atoms. The Labute approximate surface area is 88.1 Å². The van der Waals surface area contributed by atoms with E-state index in [0.717, 1.165) is 24.8 Å². The predicted octanol–water partition coefficient (Wildman–Crippen LogP) is 2.67. The number of nitrogens with two attached hydrogens (primary N) is 1. The molecule has 1 rings (SSSR count). The van der Waals surface area contributed by atoms with Crippen LogP contribution in [0.2, 0.25) is 10.0 Å². The van der Waals surface area contributed by atoms with Crippen LogP contribution in [0.1, 0.15) is 18.4 Å². The van der Waals surface area contributed by atoms with Crippen molar-refractivity contribution in [3.05, 3.63) is 28.0 Å². The average Bonchev–Trinajstić information content (AvgIpc) is 2.10. The molecule has 0 spiro atoms. The van der Waals surface area contributed by atoms with Gasteiger partial charge in [0.05, 0.1) is 10.0 Å². The van der Waals surface area contributed by atoms with E-state index in [-0.39, 0.29) is 0 Å². The molecule has 0 aliphatic carbocycles. The number of pyridine rings is 1. The van der Waals surface area contributed by atoms with E-state index in [2.05, 4.69) is 4.98 Å². The number of aromatic nitrogens is 1. The molecule has 1 aromatic rings. The van der Waals surface area contributed by atoms with Crippen molar-refractivity contribution in [2.24, 2.45) is 5.73 Å². The van der Waals surface area contributed by atoms with Crippen LogP contribution in [0.5, 0.6) is 0 Å². The molecule has 0 saturated carbocycles. The number of rotatable bonds is 4. The van der Waals surface area contributed by atoms with Gasteiger partial charge < -0.3 is 5.73 Å². The quantitative estimate of drug-likeness (QED) is 0.790. The summed E-state index contributed by atoms with van der Waals surface area (Å²) in [4.78, 5) is 3.88. The second-order valence-electron chi connectivity index (χ2n) is 2.83. The van der Waals surface area contributed by atoms with E-state index in [9.17, 15) is 0 Å². The smallest absolute Gasteiger partial charge is 0.0636 e. The minimum Gasteiger partial charge on any atom is -0.330 e. The minimum atomic E-state index is 0.643. The van der Waals surface area contributed by atoms with Crippen LogP contribution < -0.4 is 5.73 Å². The number of halogens is 2. The molecule has 0 atom stereocenters. The third kappa shape index (κ3) is 3.14. The molecule has 2 nitrogen and oxygen atoms in total. The zero-order valence-electron chi connectivity index (χ0n) is 7.26. The summed E-state index contributed by atoms with van der Waals surface area (Å²) < 4.78 is 0. The Balaban J connectivity index is 2.64. The fourth-order valence-corrected chi connectivity index (χ4v) is 1.68. The molecular weight excluding hydrogens is 207 g/mol. The first-order valence-electron chi connectivity index (χ1n) is 4.23. The van der Waals surface area contributed by atoms with E-state index in [4.69, 9.17) is 28.9 Å². The monoisotopic (exact) mass is 218 g/mol. The first-order valence-corrected chi connectivity index (χ1v) is 4.99. The van der Waals surface area contributed by atoms with Crippen LogP contribution >= 0.6 is 23.2 Å². The van der Waals surface area contributed by atoms with E-state index in [1.807, 2.05) is 0 Å². The van der Waals surface area contributed by atoms with Gasteiger partial charge in [-0.1, -0.05) is 23.2 Å². The van der Waals surface area contributed by atoms with E-state index >= 15 is 0 Å². The summed E-state index contributed by atoms with van der Waals surface area (Å²) in [6.45, 7) is 0.709. The Bertz CT molecular complexity index is 256. The van der Waals surface area contributed by atoms with Crippen LogP contribution in [0, 0.1) is 0 Å².